The van der Waals surface area contributed by atoms with Crippen LogP contribution in [-0.2, 0) is 9.47 Å². The van der Waals surface area contributed by atoms with Crippen molar-refractivity contribution in [3.8, 4) is 0 Å². The van der Waals surface area contributed by atoms with Gasteiger partial charge in [-0.25, -0.2) is 4.79 Å². The van der Waals surface area contributed by atoms with Crippen molar-refractivity contribution in [2.75, 3.05) is 32.8 Å². The molecule has 0 aromatic carbocycles. The zero-order valence-corrected chi connectivity index (χ0v) is 10.7. The first kappa shape index (κ1) is 12.1. The number of hydrogen-bond acceptors (Lipinski definition) is 4. The predicted molar refractivity (Wildman–Crippen MR) is 63.4 cm³/mol. The van der Waals surface area contributed by atoms with Crippen LogP contribution in [0.1, 0.15) is 20.8 Å². The second-order valence-corrected chi connectivity index (χ2v) is 5.39. The van der Waals surface area contributed by atoms with Gasteiger partial charge in [-0.15, -0.1) is 0 Å². The Labute approximate surface area is 102 Å². The Morgan fingerprint density at radius 2 is 1.88 bits per heavy atom. The Balaban J connectivity index is 1.78. The fourth-order valence-electron chi connectivity index (χ4n) is 1.68. The Kier molecular flexibility index (Phi) is 3.17. The summed E-state index contributed by atoms with van der Waals surface area (Å²) in [5.74, 6) is 1.04. The summed E-state index contributed by atoms with van der Waals surface area (Å²) in [6, 6.07) is 0. The zero-order valence-electron chi connectivity index (χ0n) is 10.7. The van der Waals surface area contributed by atoms with Gasteiger partial charge in [0.25, 0.3) is 0 Å². The molecule has 2 saturated heterocycles. The van der Waals surface area contributed by atoms with Crippen LogP contribution < -0.4 is 0 Å². The smallest absolute Gasteiger partial charge is 0.410 e. The minimum atomic E-state index is -0.419. The molecule has 0 unspecified atom stereocenters. The Morgan fingerprint density at radius 1 is 1.29 bits per heavy atom. The first-order valence-corrected chi connectivity index (χ1v) is 5.99. The SMILES string of the molecule is CC(C)(C)OC(=O)N1CCN(/C=C2\CO2)CC1. The first-order chi connectivity index (χ1) is 7.94. The van der Waals surface area contributed by atoms with Crippen molar-refractivity contribution in [1.29, 1.82) is 0 Å². The van der Waals surface area contributed by atoms with E-state index >= 15 is 0 Å². The maximum atomic E-state index is 11.8. The molecule has 2 rings (SSSR count). The molecule has 0 N–H and O–H groups in total. The molecule has 5 heteroatoms. The lowest BCUT2D eigenvalue weighted by Crippen LogP contribution is -2.48. The third kappa shape index (κ3) is 3.84. The van der Waals surface area contributed by atoms with E-state index in [1.807, 2.05) is 27.0 Å². The lowest BCUT2D eigenvalue weighted by molar-refractivity contribution is 0.0176. The van der Waals surface area contributed by atoms with Gasteiger partial charge in [0.2, 0.25) is 0 Å². The largest absolute Gasteiger partial charge is 0.485 e. The van der Waals surface area contributed by atoms with E-state index in [0.29, 0.717) is 13.1 Å². The molecule has 0 aromatic heterocycles. The van der Waals surface area contributed by atoms with E-state index < -0.39 is 5.60 Å². The van der Waals surface area contributed by atoms with Crippen LogP contribution in [0.3, 0.4) is 0 Å². The van der Waals surface area contributed by atoms with Crippen LogP contribution in [0.2, 0.25) is 0 Å². The quantitative estimate of drug-likeness (QED) is 0.650. The molecule has 0 aromatic rings. The minimum Gasteiger partial charge on any atom is -0.485 e. The third-order valence-corrected chi connectivity index (χ3v) is 2.60. The zero-order chi connectivity index (χ0) is 12.5. The molecule has 96 valence electrons. The second-order valence-electron chi connectivity index (χ2n) is 5.39. The van der Waals surface area contributed by atoms with Crippen LogP contribution in [0, 0.1) is 0 Å². The number of ether oxygens (including phenoxy) is 2. The predicted octanol–water partition coefficient (Wildman–Crippen LogP) is 1.41. The van der Waals surface area contributed by atoms with Crippen LogP contribution in [0.5, 0.6) is 0 Å². The summed E-state index contributed by atoms with van der Waals surface area (Å²) < 4.78 is 10.4. The summed E-state index contributed by atoms with van der Waals surface area (Å²) in [6.45, 7) is 9.50. The number of epoxide rings is 1. The second kappa shape index (κ2) is 4.47. The number of rotatable bonds is 1. The van der Waals surface area contributed by atoms with E-state index in [9.17, 15) is 4.79 Å². The number of piperazine rings is 1. The van der Waals surface area contributed by atoms with Crippen molar-refractivity contribution in [2.24, 2.45) is 0 Å². The Bertz CT molecular complexity index is 319. The summed E-state index contributed by atoms with van der Waals surface area (Å²) in [4.78, 5) is 15.7. The van der Waals surface area contributed by atoms with Gasteiger partial charge in [-0.3, -0.25) is 0 Å². The van der Waals surface area contributed by atoms with E-state index in [0.717, 1.165) is 25.5 Å². The van der Waals surface area contributed by atoms with Crippen molar-refractivity contribution in [3.05, 3.63) is 12.0 Å². The van der Waals surface area contributed by atoms with Crippen LogP contribution in [0.4, 0.5) is 4.79 Å². The molecule has 0 radical (unpaired) electrons. The standard InChI is InChI=1S/C12H20N2O3/c1-12(2,3)17-11(15)14-6-4-13(5-7-14)8-10-9-16-10/h8H,4-7,9H2,1-3H3/b10-8+. The summed E-state index contributed by atoms with van der Waals surface area (Å²) >= 11 is 0. The molecular weight excluding hydrogens is 220 g/mol. The van der Waals surface area contributed by atoms with Gasteiger partial charge in [0.1, 0.15) is 18.0 Å². The normalized spacial score (nSPS) is 22.4. The van der Waals surface area contributed by atoms with Crippen LogP contribution in [0.15, 0.2) is 12.0 Å². The molecule has 0 atom stereocenters. The molecule has 0 aliphatic carbocycles. The fraction of sp³-hybridized carbons (Fsp3) is 0.750. The highest BCUT2D eigenvalue weighted by Crippen LogP contribution is 2.17. The summed E-state index contributed by atoms with van der Waals surface area (Å²) in [6.07, 6.45) is 1.82. The topological polar surface area (TPSA) is 45.3 Å². The van der Waals surface area contributed by atoms with Crippen LogP contribution in [-0.4, -0.2) is 54.3 Å². The van der Waals surface area contributed by atoms with Gasteiger partial charge in [0, 0.05) is 32.4 Å². The van der Waals surface area contributed by atoms with E-state index in [2.05, 4.69) is 4.90 Å². The van der Waals surface area contributed by atoms with E-state index in [1.54, 1.807) is 4.90 Å². The maximum Gasteiger partial charge on any atom is 0.410 e. The summed E-state index contributed by atoms with van der Waals surface area (Å²) in [5.41, 5.74) is -0.419. The molecule has 2 heterocycles. The number of hydrogen-bond donors (Lipinski definition) is 0. The molecule has 2 aliphatic heterocycles. The van der Waals surface area contributed by atoms with Gasteiger partial charge in [0.05, 0.1) is 0 Å². The van der Waals surface area contributed by atoms with Crippen molar-refractivity contribution >= 4 is 6.09 Å². The summed E-state index contributed by atoms with van der Waals surface area (Å²) in [7, 11) is 0. The molecule has 1 amide bonds. The molecule has 0 saturated carbocycles. The maximum absolute atomic E-state index is 11.8. The average molecular weight is 240 g/mol. The van der Waals surface area contributed by atoms with Crippen LogP contribution in [0.25, 0.3) is 0 Å². The number of nitrogens with zero attached hydrogens (tertiary/aromatic N) is 2. The van der Waals surface area contributed by atoms with E-state index in [1.165, 1.54) is 0 Å². The van der Waals surface area contributed by atoms with Crippen molar-refractivity contribution in [2.45, 2.75) is 26.4 Å². The van der Waals surface area contributed by atoms with Crippen molar-refractivity contribution in [1.82, 2.24) is 9.80 Å². The van der Waals surface area contributed by atoms with Crippen molar-refractivity contribution < 1.29 is 14.3 Å². The van der Waals surface area contributed by atoms with Gasteiger partial charge in [-0.05, 0) is 20.8 Å². The lowest BCUT2D eigenvalue weighted by atomic mass is 10.2. The molecular formula is C12H20N2O3. The van der Waals surface area contributed by atoms with E-state index in [4.69, 9.17) is 9.47 Å². The molecule has 5 nitrogen and oxygen atoms in total. The van der Waals surface area contributed by atoms with Gasteiger partial charge in [-0.1, -0.05) is 0 Å². The highest BCUT2D eigenvalue weighted by atomic mass is 16.6. The van der Waals surface area contributed by atoms with Crippen molar-refractivity contribution in [3.63, 3.8) is 0 Å². The molecule has 0 spiro atoms. The number of carbonyl (C=O) groups excluding carboxylic acids is 1. The highest BCUT2D eigenvalue weighted by Gasteiger charge is 2.25. The van der Waals surface area contributed by atoms with Gasteiger partial charge in [-0.2, -0.15) is 0 Å². The highest BCUT2D eigenvalue weighted by molar-refractivity contribution is 5.68. The van der Waals surface area contributed by atoms with Gasteiger partial charge < -0.3 is 19.3 Å². The summed E-state index contributed by atoms with van der Waals surface area (Å²) in [5, 5.41) is 0. The number of amides is 1. The lowest BCUT2D eigenvalue weighted by Gasteiger charge is -2.34. The Morgan fingerprint density at radius 3 is 2.35 bits per heavy atom. The molecule has 2 aliphatic rings. The van der Waals surface area contributed by atoms with Crippen LogP contribution >= 0.6 is 0 Å². The molecule has 0 bridgehead atoms. The fourth-order valence-corrected chi connectivity index (χ4v) is 1.68. The molecule has 17 heavy (non-hydrogen) atoms. The van der Waals surface area contributed by atoms with Gasteiger partial charge in [0.15, 0.2) is 0 Å². The third-order valence-electron chi connectivity index (χ3n) is 2.60. The first-order valence-electron chi connectivity index (χ1n) is 5.99. The minimum absolute atomic E-state index is 0.215. The van der Waals surface area contributed by atoms with E-state index in [-0.39, 0.29) is 6.09 Å². The molecule has 2 fully saturated rings. The monoisotopic (exact) mass is 240 g/mol. The Hall–Kier alpha value is -1.39. The van der Waals surface area contributed by atoms with Gasteiger partial charge >= 0.3 is 6.09 Å². The average Bonchev–Trinajstić information content (AvgIpc) is 3.00. The number of carbonyl (C=O) groups is 1.